The van der Waals surface area contributed by atoms with Crippen LogP contribution in [0.25, 0.3) is 23.1 Å². The van der Waals surface area contributed by atoms with E-state index in [4.69, 9.17) is 9.15 Å². The lowest BCUT2D eigenvalue weighted by Crippen LogP contribution is -1.99. The summed E-state index contributed by atoms with van der Waals surface area (Å²) in [5, 5.41) is 0.596. The first-order valence-corrected chi connectivity index (χ1v) is 6.61. The first-order chi connectivity index (χ1) is 10.3. The van der Waals surface area contributed by atoms with Gasteiger partial charge in [-0.1, -0.05) is 30.3 Å². The van der Waals surface area contributed by atoms with Crippen LogP contribution in [-0.4, -0.2) is 7.11 Å². The zero-order valence-electron chi connectivity index (χ0n) is 11.6. The van der Waals surface area contributed by atoms with Crippen molar-refractivity contribution in [1.82, 2.24) is 0 Å². The van der Waals surface area contributed by atoms with Crippen LogP contribution < -0.4 is 10.2 Å². The zero-order valence-corrected chi connectivity index (χ0v) is 11.6. The van der Waals surface area contributed by atoms with Crippen molar-refractivity contribution in [3.8, 4) is 5.75 Å². The van der Waals surface area contributed by atoms with E-state index in [1.54, 1.807) is 25.3 Å². The Morgan fingerprint density at radius 1 is 1.00 bits per heavy atom. The Kier molecular flexibility index (Phi) is 3.56. The maximum absolute atomic E-state index is 12.0. The quantitative estimate of drug-likeness (QED) is 0.727. The highest BCUT2D eigenvalue weighted by atomic mass is 16.5. The van der Waals surface area contributed by atoms with Gasteiger partial charge in [-0.2, -0.15) is 0 Å². The van der Waals surface area contributed by atoms with Gasteiger partial charge >= 0.3 is 0 Å². The summed E-state index contributed by atoms with van der Waals surface area (Å²) in [7, 11) is 1.63. The van der Waals surface area contributed by atoms with E-state index in [1.165, 1.54) is 6.07 Å². The van der Waals surface area contributed by atoms with Crippen LogP contribution in [0.15, 0.2) is 63.8 Å². The molecule has 0 saturated heterocycles. The molecule has 0 N–H and O–H groups in total. The van der Waals surface area contributed by atoms with Gasteiger partial charge in [-0.25, -0.2) is 0 Å². The second-order valence-corrected chi connectivity index (χ2v) is 4.62. The fourth-order valence-corrected chi connectivity index (χ4v) is 2.10. The van der Waals surface area contributed by atoms with Gasteiger partial charge in [0.1, 0.15) is 17.1 Å². The second-order valence-electron chi connectivity index (χ2n) is 4.62. The predicted octanol–water partition coefficient (Wildman–Crippen LogP) is 3.97. The first-order valence-electron chi connectivity index (χ1n) is 6.61. The molecule has 0 aliphatic rings. The van der Waals surface area contributed by atoms with Gasteiger partial charge < -0.3 is 9.15 Å². The average Bonchev–Trinajstić information content (AvgIpc) is 2.53. The van der Waals surface area contributed by atoms with Gasteiger partial charge in [0.15, 0.2) is 5.43 Å². The summed E-state index contributed by atoms with van der Waals surface area (Å²) in [4.78, 5) is 12.0. The predicted molar refractivity (Wildman–Crippen MR) is 84.4 cm³/mol. The molecule has 3 nitrogen and oxygen atoms in total. The molecule has 0 atom stereocenters. The molecule has 0 aliphatic heterocycles. The van der Waals surface area contributed by atoms with Gasteiger partial charge in [-0.15, -0.1) is 0 Å². The van der Waals surface area contributed by atoms with E-state index >= 15 is 0 Å². The Bertz CT molecular complexity index is 842. The highest BCUT2D eigenvalue weighted by Gasteiger charge is 2.01. The minimum atomic E-state index is -0.0359. The summed E-state index contributed by atoms with van der Waals surface area (Å²) in [6.07, 6.45) is 3.68. The van der Waals surface area contributed by atoms with Gasteiger partial charge in [0.25, 0.3) is 0 Å². The highest BCUT2D eigenvalue weighted by Crippen LogP contribution is 2.16. The van der Waals surface area contributed by atoms with Crippen LogP contribution in [0.2, 0.25) is 0 Å². The summed E-state index contributed by atoms with van der Waals surface area (Å²) >= 11 is 0. The lowest BCUT2D eigenvalue weighted by Gasteiger charge is -2.00. The van der Waals surface area contributed by atoms with Crippen LogP contribution >= 0.6 is 0 Å². The SMILES string of the molecule is COc1ccc(/C=C/c2cc(=O)c3ccccc3o2)cc1. The summed E-state index contributed by atoms with van der Waals surface area (Å²) in [6, 6.07) is 16.4. The second kappa shape index (κ2) is 5.67. The van der Waals surface area contributed by atoms with E-state index < -0.39 is 0 Å². The molecule has 0 bridgehead atoms. The molecule has 0 fully saturated rings. The smallest absolute Gasteiger partial charge is 0.193 e. The number of fused-ring (bicyclic) bond motifs is 1. The van der Waals surface area contributed by atoms with E-state index in [0.717, 1.165) is 11.3 Å². The third-order valence-corrected chi connectivity index (χ3v) is 3.21. The normalized spacial score (nSPS) is 11.1. The van der Waals surface area contributed by atoms with Gasteiger partial charge in [-0.05, 0) is 35.9 Å². The monoisotopic (exact) mass is 278 g/mol. The molecule has 3 heteroatoms. The summed E-state index contributed by atoms with van der Waals surface area (Å²) in [6.45, 7) is 0. The van der Waals surface area contributed by atoms with Crippen LogP contribution in [-0.2, 0) is 0 Å². The van der Waals surface area contributed by atoms with E-state index in [2.05, 4.69) is 0 Å². The van der Waals surface area contributed by atoms with E-state index in [0.29, 0.717) is 16.7 Å². The third-order valence-electron chi connectivity index (χ3n) is 3.21. The zero-order chi connectivity index (χ0) is 14.7. The number of hydrogen-bond donors (Lipinski definition) is 0. The molecule has 0 aliphatic carbocycles. The number of rotatable bonds is 3. The molecule has 2 aromatic carbocycles. The molecule has 0 amide bonds. The molecule has 0 unspecified atom stereocenters. The Hall–Kier alpha value is -2.81. The van der Waals surface area contributed by atoms with Gasteiger partial charge in [0.05, 0.1) is 12.5 Å². The van der Waals surface area contributed by atoms with Crippen LogP contribution in [0, 0.1) is 0 Å². The van der Waals surface area contributed by atoms with E-state index in [9.17, 15) is 4.79 Å². The molecule has 0 spiro atoms. The lowest BCUT2D eigenvalue weighted by atomic mass is 10.2. The Labute approximate surface area is 122 Å². The largest absolute Gasteiger partial charge is 0.497 e. The molecule has 21 heavy (non-hydrogen) atoms. The van der Waals surface area contributed by atoms with Crippen molar-refractivity contribution in [2.45, 2.75) is 0 Å². The van der Waals surface area contributed by atoms with Crippen molar-refractivity contribution in [3.63, 3.8) is 0 Å². The Morgan fingerprint density at radius 2 is 1.76 bits per heavy atom. The van der Waals surface area contributed by atoms with E-state index in [-0.39, 0.29) is 5.43 Å². The van der Waals surface area contributed by atoms with Crippen LogP contribution in [0.4, 0.5) is 0 Å². The summed E-state index contributed by atoms with van der Waals surface area (Å²) < 4.78 is 10.8. The maximum Gasteiger partial charge on any atom is 0.193 e. The van der Waals surface area contributed by atoms with E-state index in [1.807, 2.05) is 42.5 Å². The fraction of sp³-hybridized carbons (Fsp3) is 0.0556. The Morgan fingerprint density at radius 3 is 2.52 bits per heavy atom. The maximum atomic E-state index is 12.0. The van der Waals surface area contributed by atoms with Crippen LogP contribution in [0.1, 0.15) is 11.3 Å². The van der Waals surface area contributed by atoms with Crippen LogP contribution in [0.3, 0.4) is 0 Å². The molecule has 1 heterocycles. The number of benzene rings is 2. The molecule has 0 saturated carbocycles. The topological polar surface area (TPSA) is 39.4 Å². The third kappa shape index (κ3) is 2.87. The van der Waals surface area contributed by atoms with Gasteiger partial charge in [0, 0.05) is 6.07 Å². The fourth-order valence-electron chi connectivity index (χ4n) is 2.10. The highest BCUT2D eigenvalue weighted by molar-refractivity contribution is 5.78. The minimum absolute atomic E-state index is 0.0359. The molecule has 1 aromatic heterocycles. The van der Waals surface area contributed by atoms with Crippen molar-refractivity contribution in [2.24, 2.45) is 0 Å². The summed E-state index contributed by atoms with van der Waals surface area (Å²) in [5.41, 5.74) is 1.57. The molecule has 0 radical (unpaired) electrons. The van der Waals surface area contributed by atoms with Crippen LogP contribution in [0.5, 0.6) is 5.75 Å². The molecule has 104 valence electrons. The molecular formula is C18H14O3. The Balaban J connectivity index is 1.93. The number of para-hydroxylation sites is 1. The van der Waals surface area contributed by atoms with Gasteiger partial charge in [0.2, 0.25) is 0 Å². The molecule has 3 rings (SSSR count). The van der Waals surface area contributed by atoms with Gasteiger partial charge in [-0.3, -0.25) is 4.79 Å². The summed E-state index contributed by atoms with van der Waals surface area (Å²) in [5.74, 6) is 1.35. The number of ether oxygens (including phenoxy) is 1. The average molecular weight is 278 g/mol. The minimum Gasteiger partial charge on any atom is -0.497 e. The lowest BCUT2D eigenvalue weighted by molar-refractivity contribution is 0.415. The number of methoxy groups -OCH3 is 1. The van der Waals surface area contributed by atoms with Crippen molar-refractivity contribution < 1.29 is 9.15 Å². The van der Waals surface area contributed by atoms with Crippen molar-refractivity contribution in [2.75, 3.05) is 7.11 Å². The first kappa shape index (κ1) is 13.2. The standard InChI is InChI=1S/C18H14O3/c1-20-14-9-6-13(7-10-14)8-11-15-12-17(19)16-4-2-3-5-18(16)21-15/h2-12H,1H3/b11-8+. The molecule has 3 aromatic rings. The van der Waals surface area contributed by atoms with Crippen molar-refractivity contribution in [1.29, 1.82) is 0 Å². The van der Waals surface area contributed by atoms with Crippen molar-refractivity contribution >= 4 is 23.1 Å². The molecular weight excluding hydrogens is 264 g/mol. The van der Waals surface area contributed by atoms with Crippen molar-refractivity contribution in [3.05, 3.63) is 76.1 Å². The number of hydrogen-bond acceptors (Lipinski definition) is 3.